The van der Waals surface area contributed by atoms with Gasteiger partial charge in [0.2, 0.25) is 0 Å². The molecule has 2 heterocycles. The average molecular weight is 407 g/mol. The molecule has 1 saturated heterocycles. The van der Waals surface area contributed by atoms with E-state index in [1.807, 2.05) is 0 Å². The van der Waals surface area contributed by atoms with Gasteiger partial charge in [-0.15, -0.1) is 0 Å². The number of benzene rings is 1. The van der Waals surface area contributed by atoms with Crippen molar-refractivity contribution < 1.29 is 19.4 Å². The largest absolute Gasteiger partial charge is 0.385 e. The smallest absolute Gasteiger partial charge is 0.254 e. The first-order valence-electron chi connectivity index (χ1n) is 9.71. The van der Waals surface area contributed by atoms with Crippen molar-refractivity contribution in [3.8, 4) is 0 Å². The second-order valence-corrected chi connectivity index (χ2v) is 6.85. The van der Waals surface area contributed by atoms with Gasteiger partial charge in [0.15, 0.2) is 0 Å². The molecule has 2 aromatic rings. The molecule has 1 aliphatic rings. The second-order valence-electron chi connectivity index (χ2n) is 6.85. The van der Waals surface area contributed by atoms with E-state index < -0.39 is 6.10 Å². The summed E-state index contributed by atoms with van der Waals surface area (Å²) in [5.74, 6) is -0.418. The Morgan fingerprint density at radius 1 is 1.13 bits per heavy atom. The molecule has 0 aliphatic carbocycles. The first kappa shape index (κ1) is 21.4. The Morgan fingerprint density at radius 2 is 1.77 bits per heavy atom. The number of rotatable bonds is 7. The molecule has 0 spiro atoms. The minimum Gasteiger partial charge on any atom is -0.385 e. The highest BCUT2D eigenvalue weighted by Crippen LogP contribution is 2.17. The summed E-state index contributed by atoms with van der Waals surface area (Å²) >= 11 is 0. The topological polar surface area (TPSA) is 91.8 Å². The molecule has 1 aliphatic heterocycles. The van der Waals surface area contributed by atoms with E-state index in [9.17, 15) is 14.7 Å². The predicted molar refractivity (Wildman–Crippen MR) is 115 cm³/mol. The average Bonchev–Trinajstić information content (AvgIpc) is 2.82. The molecule has 7 nitrogen and oxygen atoms in total. The van der Waals surface area contributed by atoms with Crippen molar-refractivity contribution >= 4 is 24.0 Å². The van der Waals surface area contributed by atoms with Crippen molar-refractivity contribution in [1.29, 1.82) is 0 Å². The number of aromatic nitrogens is 1. The first-order chi connectivity index (χ1) is 14.5. The number of pyridine rings is 1. The lowest BCUT2D eigenvalue weighted by atomic mass is 10.1. The van der Waals surface area contributed by atoms with Gasteiger partial charge in [-0.05, 0) is 41.5 Å². The normalized spacial score (nSPS) is 14.6. The van der Waals surface area contributed by atoms with Gasteiger partial charge in [-0.1, -0.05) is 25.3 Å². The lowest BCUT2D eigenvalue weighted by molar-refractivity contribution is 0.0303. The summed E-state index contributed by atoms with van der Waals surface area (Å²) in [6.07, 6.45) is 3.96. The van der Waals surface area contributed by atoms with Crippen LogP contribution in [0.4, 0.5) is 0 Å². The van der Waals surface area contributed by atoms with Gasteiger partial charge in [0.25, 0.3) is 11.8 Å². The Labute approximate surface area is 175 Å². The fraction of sp³-hybridized carbons (Fsp3) is 0.261. The molecular formula is C23H25N3O4. The number of amides is 2. The molecule has 1 fully saturated rings. The van der Waals surface area contributed by atoms with Crippen LogP contribution < -0.4 is 5.32 Å². The Balaban J connectivity index is 1.58. The van der Waals surface area contributed by atoms with E-state index in [4.69, 9.17) is 4.74 Å². The van der Waals surface area contributed by atoms with Crippen LogP contribution in [0.5, 0.6) is 0 Å². The van der Waals surface area contributed by atoms with Gasteiger partial charge in [-0.2, -0.15) is 0 Å². The monoisotopic (exact) mass is 407 g/mol. The molecular weight excluding hydrogens is 382 g/mol. The minimum absolute atomic E-state index is 0.00428. The second kappa shape index (κ2) is 9.96. The molecule has 0 radical (unpaired) electrons. The van der Waals surface area contributed by atoms with Gasteiger partial charge >= 0.3 is 0 Å². The Hall–Kier alpha value is -3.29. The lowest BCUT2D eigenvalue weighted by Gasteiger charge is -2.26. The standard InChI is InChI=1S/C23H25N3O4/c1-3-16-13-20(24-14-17(16)4-2)21(27)15-25-22(28)18-5-7-19(8-6-18)23(29)26-9-11-30-12-10-26/h3-8,13-14,21,27H,1-2,9-12,15H2,(H,25,28). The van der Waals surface area contributed by atoms with Gasteiger partial charge in [-0.25, -0.2) is 0 Å². The van der Waals surface area contributed by atoms with Gasteiger partial charge in [-0.3, -0.25) is 14.6 Å². The molecule has 1 atom stereocenters. The summed E-state index contributed by atoms with van der Waals surface area (Å²) < 4.78 is 5.26. The molecule has 7 heteroatoms. The number of hydrogen-bond acceptors (Lipinski definition) is 5. The summed E-state index contributed by atoms with van der Waals surface area (Å²) in [6.45, 7) is 9.66. The zero-order chi connectivity index (χ0) is 21.5. The molecule has 30 heavy (non-hydrogen) atoms. The summed E-state index contributed by atoms with van der Waals surface area (Å²) in [5.41, 5.74) is 2.99. The predicted octanol–water partition coefficient (Wildman–Crippen LogP) is 2.30. The van der Waals surface area contributed by atoms with E-state index in [1.54, 1.807) is 53.6 Å². The van der Waals surface area contributed by atoms with Crippen LogP contribution in [0.2, 0.25) is 0 Å². The number of nitrogens with one attached hydrogen (secondary N) is 1. The van der Waals surface area contributed by atoms with Crippen LogP contribution in [0, 0.1) is 0 Å². The molecule has 0 saturated carbocycles. The van der Waals surface area contributed by atoms with Crippen LogP contribution in [0.1, 0.15) is 43.6 Å². The molecule has 2 N–H and O–H groups in total. The van der Waals surface area contributed by atoms with Crippen molar-refractivity contribution in [3.05, 3.63) is 77.6 Å². The third-order valence-corrected chi connectivity index (χ3v) is 4.92. The quantitative estimate of drug-likeness (QED) is 0.735. The van der Waals surface area contributed by atoms with Crippen LogP contribution in [-0.2, 0) is 4.74 Å². The van der Waals surface area contributed by atoms with E-state index in [2.05, 4.69) is 23.5 Å². The summed E-state index contributed by atoms with van der Waals surface area (Å²) in [7, 11) is 0. The Bertz CT molecular complexity index is 934. The van der Waals surface area contributed by atoms with Crippen molar-refractivity contribution in [2.24, 2.45) is 0 Å². The lowest BCUT2D eigenvalue weighted by Crippen LogP contribution is -2.40. The first-order valence-corrected chi connectivity index (χ1v) is 9.71. The van der Waals surface area contributed by atoms with E-state index >= 15 is 0 Å². The van der Waals surface area contributed by atoms with E-state index in [0.717, 1.165) is 11.1 Å². The maximum Gasteiger partial charge on any atom is 0.254 e. The van der Waals surface area contributed by atoms with E-state index in [0.29, 0.717) is 43.1 Å². The molecule has 1 unspecified atom stereocenters. The number of carbonyl (C=O) groups is 2. The van der Waals surface area contributed by atoms with E-state index in [-0.39, 0.29) is 18.4 Å². The Morgan fingerprint density at radius 3 is 2.40 bits per heavy atom. The fourth-order valence-corrected chi connectivity index (χ4v) is 3.14. The van der Waals surface area contributed by atoms with Gasteiger partial charge < -0.3 is 20.1 Å². The Kier molecular flexibility index (Phi) is 7.11. The van der Waals surface area contributed by atoms with Gasteiger partial charge in [0.1, 0.15) is 6.10 Å². The zero-order valence-electron chi connectivity index (χ0n) is 16.7. The third kappa shape index (κ3) is 5.00. The number of carbonyl (C=O) groups excluding carboxylic acids is 2. The molecule has 2 amide bonds. The van der Waals surface area contributed by atoms with Gasteiger partial charge in [0.05, 0.1) is 18.9 Å². The summed E-state index contributed by atoms with van der Waals surface area (Å²) in [6, 6.07) is 8.18. The fourth-order valence-electron chi connectivity index (χ4n) is 3.14. The highest BCUT2D eigenvalue weighted by atomic mass is 16.5. The number of aliphatic hydroxyl groups excluding tert-OH is 1. The number of aliphatic hydroxyl groups is 1. The molecule has 0 bridgehead atoms. The van der Waals surface area contributed by atoms with E-state index in [1.165, 1.54) is 0 Å². The SMILES string of the molecule is C=Cc1cnc(C(O)CNC(=O)c2ccc(C(=O)N3CCOCC3)cc2)cc1C=C. The maximum absolute atomic E-state index is 12.5. The number of hydrogen-bond donors (Lipinski definition) is 2. The molecule has 156 valence electrons. The molecule has 1 aromatic heterocycles. The number of morpholine rings is 1. The molecule has 3 rings (SSSR count). The number of nitrogens with zero attached hydrogens (tertiary/aromatic N) is 2. The highest BCUT2D eigenvalue weighted by Gasteiger charge is 2.19. The van der Waals surface area contributed by atoms with Crippen molar-refractivity contribution in [2.45, 2.75) is 6.10 Å². The molecule has 1 aromatic carbocycles. The van der Waals surface area contributed by atoms with Crippen LogP contribution in [-0.4, -0.2) is 59.7 Å². The number of ether oxygens (including phenoxy) is 1. The third-order valence-electron chi connectivity index (χ3n) is 4.92. The van der Waals surface area contributed by atoms with Crippen LogP contribution in [0.25, 0.3) is 12.2 Å². The summed E-state index contributed by atoms with van der Waals surface area (Å²) in [4.78, 5) is 30.8. The highest BCUT2D eigenvalue weighted by molar-refractivity contribution is 5.97. The van der Waals surface area contributed by atoms with Crippen molar-refractivity contribution in [2.75, 3.05) is 32.8 Å². The zero-order valence-corrected chi connectivity index (χ0v) is 16.7. The van der Waals surface area contributed by atoms with Crippen LogP contribution >= 0.6 is 0 Å². The minimum atomic E-state index is -0.964. The summed E-state index contributed by atoms with van der Waals surface area (Å²) in [5, 5.41) is 13.1. The van der Waals surface area contributed by atoms with Gasteiger partial charge in [0, 0.05) is 37.0 Å². The maximum atomic E-state index is 12.5. The van der Waals surface area contributed by atoms with Crippen LogP contribution in [0.3, 0.4) is 0 Å². The van der Waals surface area contributed by atoms with Crippen LogP contribution in [0.15, 0.2) is 49.7 Å². The van der Waals surface area contributed by atoms with Crippen molar-refractivity contribution in [3.63, 3.8) is 0 Å². The van der Waals surface area contributed by atoms with Crippen molar-refractivity contribution in [1.82, 2.24) is 15.2 Å².